The largest absolute Gasteiger partial charge is 0.396 e. The molecule has 0 heterocycles. The SMILES string of the molecule is C=CC1(OC)CC1CO. The highest BCUT2D eigenvalue weighted by Crippen LogP contribution is 2.46. The smallest absolute Gasteiger partial charge is 0.0911 e. The van der Waals surface area contributed by atoms with Crippen LogP contribution < -0.4 is 0 Å². The molecule has 2 atom stereocenters. The van der Waals surface area contributed by atoms with E-state index in [0.717, 1.165) is 6.42 Å². The molecule has 1 N–H and O–H groups in total. The highest BCUT2D eigenvalue weighted by molar-refractivity contribution is 5.15. The lowest BCUT2D eigenvalue weighted by Gasteiger charge is -2.07. The van der Waals surface area contributed by atoms with E-state index in [4.69, 9.17) is 9.84 Å². The molecule has 0 radical (unpaired) electrons. The fraction of sp³-hybridized carbons (Fsp3) is 0.714. The van der Waals surface area contributed by atoms with Crippen LogP contribution in [0.2, 0.25) is 0 Å². The predicted octanol–water partition coefficient (Wildman–Crippen LogP) is 0.570. The minimum atomic E-state index is -0.186. The Bertz CT molecular complexity index is 122. The molecule has 1 saturated carbocycles. The van der Waals surface area contributed by atoms with Crippen molar-refractivity contribution in [3.8, 4) is 0 Å². The van der Waals surface area contributed by atoms with E-state index < -0.39 is 0 Å². The Morgan fingerprint density at radius 3 is 2.78 bits per heavy atom. The average molecular weight is 128 g/mol. The monoisotopic (exact) mass is 128 g/mol. The van der Waals surface area contributed by atoms with Crippen molar-refractivity contribution in [1.82, 2.24) is 0 Å². The molecule has 0 aromatic heterocycles. The van der Waals surface area contributed by atoms with Crippen LogP contribution in [0.4, 0.5) is 0 Å². The molecule has 0 bridgehead atoms. The van der Waals surface area contributed by atoms with Crippen molar-refractivity contribution >= 4 is 0 Å². The Kier molecular flexibility index (Phi) is 1.60. The molecule has 1 aliphatic rings. The van der Waals surface area contributed by atoms with E-state index in [-0.39, 0.29) is 12.2 Å². The van der Waals surface area contributed by atoms with Crippen LogP contribution in [0.1, 0.15) is 6.42 Å². The summed E-state index contributed by atoms with van der Waals surface area (Å²) in [6.45, 7) is 3.84. The molecule has 0 amide bonds. The van der Waals surface area contributed by atoms with Gasteiger partial charge in [0.1, 0.15) is 0 Å². The third-order valence-corrected chi connectivity index (χ3v) is 2.04. The topological polar surface area (TPSA) is 29.5 Å². The van der Waals surface area contributed by atoms with Gasteiger partial charge in [-0.1, -0.05) is 6.08 Å². The van der Waals surface area contributed by atoms with Crippen molar-refractivity contribution in [3.05, 3.63) is 12.7 Å². The van der Waals surface area contributed by atoms with E-state index in [9.17, 15) is 0 Å². The molecule has 2 nitrogen and oxygen atoms in total. The summed E-state index contributed by atoms with van der Waals surface area (Å²) in [7, 11) is 1.65. The standard InChI is InChI=1S/C7H12O2/c1-3-7(9-2)4-6(7)5-8/h3,6,8H,1,4-5H2,2H3. The predicted molar refractivity (Wildman–Crippen MR) is 35.1 cm³/mol. The third-order valence-electron chi connectivity index (χ3n) is 2.04. The first-order chi connectivity index (χ1) is 4.29. The van der Waals surface area contributed by atoms with Crippen molar-refractivity contribution in [2.24, 2.45) is 5.92 Å². The Morgan fingerprint density at radius 1 is 2.00 bits per heavy atom. The zero-order chi connectivity index (χ0) is 6.91. The number of aliphatic hydroxyl groups excluding tert-OH is 1. The molecule has 2 unspecified atom stereocenters. The molecule has 0 spiro atoms. The van der Waals surface area contributed by atoms with E-state index >= 15 is 0 Å². The molecule has 1 aliphatic carbocycles. The number of hydrogen-bond acceptors (Lipinski definition) is 2. The van der Waals surface area contributed by atoms with Gasteiger partial charge >= 0.3 is 0 Å². The summed E-state index contributed by atoms with van der Waals surface area (Å²) in [6.07, 6.45) is 2.69. The fourth-order valence-corrected chi connectivity index (χ4v) is 1.13. The maximum atomic E-state index is 8.68. The minimum absolute atomic E-state index is 0.186. The Balaban J connectivity index is 2.46. The van der Waals surface area contributed by atoms with Gasteiger partial charge in [-0.3, -0.25) is 0 Å². The summed E-state index contributed by atoms with van der Waals surface area (Å²) >= 11 is 0. The van der Waals surface area contributed by atoms with E-state index in [0.29, 0.717) is 5.92 Å². The molecule has 0 aromatic carbocycles. The molecule has 1 rings (SSSR count). The van der Waals surface area contributed by atoms with Gasteiger partial charge in [-0.15, -0.1) is 6.58 Å². The molecule has 0 saturated heterocycles. The zero-order valence-corrected chi connectivity index (χ0v) is 5.63. The summed E-state index contributed by atoms with van der Waals surface area (Å²) in [5, 5.41) is 8.68. The molecule has 0 aromatic rings. The maximum absolute atomic E-state index is 8.68. The van der Waals surface area contributed by atoms with Gasteiger partial charge in [0.25, 0.3) is 0 Å². The summed E-state index contributed by atoms with van der Waals surface area (Å²) in [5.41, 5.74) is -0.186. The quantitative estimate of drug-likeness (QED) is 0.563. The van der Waals surface area contributed by atoms with Crippen molar-refractivity contribution in [1.29, 1.82) is 0 Å². The second-order valence-electron chi connectivity index (χ2n) is 2.45. The maximum Gasteiger partial charge on any atom is 0.0911 e. The Morgan fingerprint density at radius 2 is 2.67 bits per heavy atom. The molecule has 1 fully saturated rings. The Hall–Kier alpha value is -0.340. The number of hydrogen-bond donors (Lipinski definition) is 1. The van der Waals surface area contributed by atoms with E-state index in [1.165, 1.54) is 0 Å². The lowest BCUT2D eigenvalue weighted by Crippen LogP contribution is -2.12. The third kappa shape index (κ3) is 0.884. The van der Waals surface area contributed by atoms with E-state index in [2.05, 4.69) is 6.58 Å². The fourth-order valence-electron chi connectivity index (χ4n) is 1.13. The molecular weight excluding hydrogens is 116 g/mol. The summed E-state index contributed by atoms with van der Waals surface area (Å²) in [4.78, 5) is 0. The summed E-state index contributed by atoms with van der Waals surface area (Å²) in [6, 6.07) is 0. The second kappa shape index (κ2) is 2.12. The number of methoxy groups -OCH3 is 1. The molecule has 52 valence electrons. The first kappa shape index (κ1) is 6.78. The van der Waals surface area contributed by atoms with Gasteiger partial charge < -0.3 is 9.84 Å². The molecule has 9 heavy (non-hydrogen) atoms. The van der Waals surface area contributed by atoms with Crippen molar-refractivity contribution < 1.29 is 9.84 Å². The molecule has 0 aliphatic heterocycles. The second-order valence-corrected chi connectivity index (χ2v) is 2.45. The molecule has 2 heteroatoms. The first-order valence-corrected chi connectivity index (χ1v) is 3.08. The lowest BCUT2D eigenvalue weighted by molar-refractivity contribution is 0.0933. The highest BCUT2D eigenvalue weighted by atomic mass is 16.5. The van der Waals surface area contributed by atoms with Crippen LogP contribution in [0.25, 0.3) is 0 Å². The summed E-state index contributed by atoms with van der Waals surface area (Å²) < 4.78 is 5.12. The van der Waals surface area contributed by atoms with Gasteiger partial charge in [-0.05, 0) is 6.42 Å². The van der Waals surface area contributed by atoms with Gasteiger partial charge in [0, 0.05) is 19.6 Å². The first-order valence-electron chi connectivity index (χ1n) is 3.08. The molecular formula is C7H12O2. The number of rotatable bonds is 3. The van der Waals surface area contributed by atoms with Crippen LogP contribution in [0.5, 0.6) is 0 Å². The number of ether oxygens (including phenoxy) is 1. The Labute approximate surface area is 55.1 Å². The van der Waals surface area contributed by atoms with Crippen LogP contribution >= 0.6 is 0 Å². The minimum Gasteiger partial charge on any atom is -0.396 e. The average Bonchev–Trinajstić information content (AvgIpc) is 2.63. The van der Waals surface area contributed by atoms with E-state index in [1.807, 2.05) is 0 Å². The van der Waals surface area contributed by atoms with Crippen LogP contribution in [-0.4, -0.2) is 24.4 Å². The van der Waals surface area contributed by atoms with Gasteiger partial charge in [-0.25, -0.2) is 0 Å². The van der Waals surface area contributed by atoms with Crippen LogP contribution in [0.3, 0.4) is 0 Å². The van der Waals surface area contributed by atoms with Gasteiger partial charge in [0.05, 0.1) is 5.60 Å². The lowest BCUT2D eigenvalue weighted by atomic mass is 10.2. The normalized spacial score (nSPS) is 40.4. The summed E-state index contributed by atoms with van der Waals surface area (Å²) in [5.74, 6) is 0.292. The van der Waals surface area contributed by atoms with Gasteiger partial charge in [0.15, 0.2) is 0 Å². The van der Waals surface area contributed by atoms with Crippen molar-refractivity contribution in [3.63, 3.8) is 0 Å². The van der Waals surface area contributed by atoms with Crippen LogP contribution in [-0.2, 0) is 4.74 Å². The van der Waals surface area contributed by atoms with Crippen molar-refractivity contribution in [2.45, 2.75) is 12.0 Å². The van der Waals surface area contributed by atoms with Crippen LogP contribution in [0, 0.1) is 5.92 Å². The van der Waals surface area contributed by atoms with Gasteiger partial charge in [-0.2, -0.15) is 0 Å². The number of aliphatic hydroxyl groups is 1. The van der Waals surface area contributed by atoms with E-state index in [1.54, 1.807) is 13.2 Å². The highest BCUT2D eigenvalue weighted by Gasteiger charge is 2.51. The van der Waals surface area contributed by atoms with Crippen molar-refractivity contribution in [2.75, 3.05) is 13.7 Å². The zero-order valence-electron chi connectivity index (χ0n) is 5.63. The van der Waals surface area contributed by atoms with Gasteiger partial charge in [0.2, 0.25) is 0 Å². The van der Waals surface area contributed by atoms with Crippen LogP contribution in [0.15, 0.2) is 12.7 Å².